The molecule has 138 valence electrons. The van der Waals surface area contributed by atoms with Crippen molar-refractivity contribution in [2.45, 2.75) is 44.2 Å². The SMILES string of the molecule is O=C(O)c1cn(C2CC2)c2cc(NC3CCCCNC3)c(F)cc2c1=O. The number of anilines is 1. The Morgan fingerprint density at radius 3 is 2.81 bits per heavy atom. The van der Waals surface area contributed by atoms with E-state index in [2.05, 4.69) is 10.6 Å². The zero-order valence-corrected chi connectivity index (χ0v) is 14.4. The van der Waals surface area contributed by atoms with Gasteiger partial charge >= 0.3 is 5.97 Å². The number of carboxylic acid groups (broad SMARTS) is 1. The lowest BCUT2D eigenvalue weighted by molar-refractivity contribution is 0.0695. The highest BCUT2D eigenvalue weighted by Crippen LogP contribution is 2.37. The second kappa shape index (κ2) is 6.72. The molecule has 1 atom stereocenters. The van der Waals surface area contributed by atoms with Crippen LogP contribution in [0.4, 0.5) is 10.1 Å². The lowest BCUT2D eigenvalue weighted by atomic mass is 10.1. The number of halogens is 1. The Labute approximate surface area is 150 Å². The minimum Gasteiger partial charge on any atom is -0.477 e. The third-order valence-corrected chi connectivity index (χ3v) is 5.20. The fraction of sp³-hybridized carbons (Fsp3) is 0.474. The van der Waals surface area contributed by atoms with E-state index in [1.54, 1.807) is 6.07 Å². The molecule has 1 aliphatic heterocycles. The van der Waals surface area contributed by atoms with E-state index in [4.69, 9.17) is 0 Å². The highest BCUT2D eigenvalue weighted by molar-refractivity contribution is 5.93. The van der Waals surface area contributed by atoms with E-state index in [1.807, 2.05) is 4.57 Å². The summed E-state index contributed by atoms with van der Waals surface area (Å²) >= 11 is 0. The van der Waals surface area contributed by atoms with Gasteiger partial charge in [-0.2, -0.15) is 0 Å². The summed E-state index contributed by atoms with van der Waals surface area (Å²) in [6.07, 6.45) is 6.41. The predicted octanol–water partition coefficient (Wildman–Crippen LogP) is 2.73. The summed E-state index contributed by atoms with van der Waals surface area (Å²) in [6.45, 7) is 1.74. The number of carbonyl (C=O) groups is 1. The second-order valence-corrected chi connectivity index (χ2v) is 7.21. The van der Waals surface area contributed by atoms with Gasteiger partial charge in [0.05, 0.1) is 11.2 Å². The zero-order chi connectivity index (χ0) is 18.3. The molecule has 1 aliphatic carbocycles. The topological polar surface area (TPSA) is 83.4 Å². The number of benzene rings is 1. The lowest BCUT2D eigenvalue weighted by Crippen LogP contribution is -2.31. The number of fused-ring (bicyclic) bond motifs is 1. The predicted molar refractivity (Wildman–Crippen MR) is 97.5 cm³/mol. The van der Waals surface area contributed by atoms with E-state index >= 15 is 0 Å². The summed E-state index contributed by atoms with van der Waals surface area (Å²) in [7, 11) is 0. The molecule has 0 spiro atoms. The number of rotatable bonds is 4. The number of carboxylic acids is 1. The highest BCUT2D eigenvalue weighted by Gasteiger charge is 2.27. The first-order valence-corrected chi connectivity index (χ1v) is 9.13. The largest absolute Gasteiger partial charge is 0.477 e. The van der Waals surface area contributed by atoms with Crippen molar-refractivity contribution in [1.82, 2.24) is 9.88 Å². The van der Waals surface area contributed by atoms with Crippen LogP contribution in [0.25, 0.3) is 10.9 Å². The number of hydrogen-bond donors (Lipinski definition) is 3. The number of hydrogen-bond acceptors (Lipinski definition) is 4. The molecular formula is C19H22FN3O3. The number of aromatic nitrogens is 1. The van der Waals surface area contributed by atoms with Crippen molar-refractivity contribution in [2.75, 3.05) is 18.4 Å². The first-order chi connectivity index (χ1) is 12.5. The summed E-state index contributed by atoms with van der Waals surface area (Å²) in [4.78, 5) is 23.9. The van der Waals surface area contributed by atoms with Gasteiger partial charge in [-0.05, 0) is 44.4 Å². The van der Waals surface area contributed by atoms with Gasteiger partial charge < -0.3 is 20.3 Å². The summed E-state index contributed by atoms with van der Waals surface area (Å²) in [5, 5.41) is 16.0. The fourth-order valence-electron chi connectivity index (χ4n) is 3.65. The van der Waals surface area contributed by atoms with Crippen LogP contribution in [-0.2, 0) is 0 Å². The Balaban J connectivity index is 1.80. The molecule has 1 aromatic heterocycles. The van der Waals surface area contributed by atoms with Gasteiger partial charge in [0, 0.05) is 30.2 Å². The average Bonchev–Trinajstić information content (AvgIpc) is 3.44. The maximum Gasteiger partial charge on any atom is 0.341 e. The summed E-state index contributed by atoms with van der Waals surface area (Å²) < 4.78 is 16.5. The first kappa shape index (κ1) is 17.0. The van der Waals surface area contributed by atoms with Crippen LogP contribution in [0.5, 0.6) is 0 Å². The van der Waals surface area contributed by atoms with Crippen molar-refractivity contribution in [2.24, 2.45) is 0 Å². The number of nitrogens with zero attached hydrogens (tertiary/aromatic N) is 1. The molecule has 3 N–H and O–H groups in total. The molecule has 1 saturated carbocycles. The van der Waals surface area contributed by atoms with E-state index in [0.29, 0.717) is 11.2 Å². The second-order valence-electron chi connectivity index (χ2n) is 7.21. The monoisotopic (exact) mass is 359 g/mol. The Bertz CT molecular complexity index is 912. The quantitative estimate of drug-likeness (QED) is 0.782. The van der Waals surface area contributed by atoms with Crippen molar-refractivity contribution >= 4 is 22.6 Å². The van der Waals surface area contributed by atoms with Crippen molar-refractivity contribution < 1.29 is 14.3 Å². The molecule has 1 saturated heterocycles. The van der Waals surface area contributed by atoms with E-state index in [9.17, 15) is 19.1 Å². The minimum absolute atomic E-state index is 0.124. The van der Waals surface area contributed by atoms with Crippen molar-refractivity contribution in [1.29, 1.82) is 0 Å². The Kier molecular flexibility index (Phi) is 4.40. The number of nitrogens with one attached hydrogen (secondary N) is 2. The van der Waals surface area contributed by atoms with Gasteiger partial charge in [0.15, 0.2) is 0 Å². The fourth-order valence-corrected chi connectivity index (χ4v) is 3.65. The maximum atomic E-state index is 14.7. The highest BCUT2D eigenvalue weighted by atomic mass is 19.1. The van der Waals surface area contributed by atoms with Crippen LogP contribution >= 0.6 is 0 Å². The molecule has 0 radical (unpaired) electrons. The van der Waals surface area contributed by atoms with Crippen LogP contribution in [0.15, 0.2) is 23.1 Å². The van der Waals surface area contributed by atoms with Gasteiger partial charge in [-0.3, -0.25) is 4.79 Å². The molecule has 6 nitrogen and oxygen atoms in total. The normalized spacial score (nSPS) is 20.7. The van der Waals surface area contributed by atoms with Gasteiger partial charge in [-0.15, -0.1) is 0 Å². The average molecular weight is 359 g/mol. The molecule has 1 unspecified atom stereocenters. The molecular weight excluding hydrogens is 337 g/mol. The molecule has 0 amide bonds. The van der Waals surface area contributed by atoms with E-state index in [0.717, 1.165) is 45.2 Å². The minimum atomic E-state index is -1.28. The molecule has 1 aromatic carbocycles. The number of pyridine rings is 1. The summed E-state index contributed by atoms with van der Waals surface area (Å²) in [5.74, 6) is -1.80. The van der Waals surface area contributed by atoms with Crippen LogP contribution < -0.4 is 16.1 Å². The molecule has 2 aliphatic rings. The molecule has 2 heterocycles. The molecule has 7 heteroatoms. The van der Waals surface area contributed by atoms with Gasteiger partial charge in [0.1, 0.15) is 11.4 Å². The van der Waals surface area contributed by atoms with Crippen molar-refractivity contribution in [3.05, 3.63) is 39.9 Å². The van der Waals surface area contributed by atoms with Gasteiger partial charge in [0.2, 0.25) is 5.43 Å². The maximum absolute atomic E-state index is 14.7. The van der Waals surface area contributed by atoms with E-state index in [-0.39, 0.29) is 23.0 Å². The summed E-state index contributed by atoms with van der Waals surface area (Å²) in [5.41, 5.74) is 0.0134. The van der Waals surface area contributed by atoms with Gasteiger partial charge in [0.25, 0.3) is 0 Å². The standard InChI is InChI=1S/C19H22FN3O3/c20-15-7-13-17(8-16(15)22-11-3-1-2-6-21-9-11)23(12-4-5-12)10-14(18(13)24)19(25)26/h7-8,10-12,21-22H,1-6,9H2,(H,25,26). The lowest BCUT2D eigenvalue weighted by Gasteiger charge is -2.20. The summed E-state index contributed by atoms with van der Waals surface area (Å²) in [6, 6.07) is 3.13. The van der Waals surface area contributed by atoms with E-state index in [1.165, 1.54) is 12.3 Å². The molecule has 2 aromatic rings. The Morgan fingerprint density at radius 1 is 1.27 bits per heavy atom. The van der Waals surface area contributed by atoms with Gasteiger partial charge in [-0.25, -0.2) is 9.18 Å². The van der Waals surface area contributed by atoms with Crippen LogP contribution in [0.1, 0.15) is 48.5 Å². The van der Waals surface area contributed by atoms with Gasteiger partial charge in [-0.1, -0.05) is 6.42 Å². The van der Waals surface area contributed by atoms with Crippen molar-refractivity contribution in [3.63, 3.8) is 0 Å². The van der Waals surface area contributed by atoms with Crippen LogP contribution in [0.2, 0.25) is 0 Å². The molecule has 26 heavy (non-hydrogen) atoms. The molecule has 2 fully saturated rings. The van der Waals surface area contributed by atoms with Crippen LogP contribution in [0, 0.1) is 5.82 Å². The first-order valence-electron chi connectivity index (χ1n) is 9.13. The smallest absolute Gasteiger partial charge is 0.341 e. The zero-order valence-electron chi connectivity index (χ0n) is 14.4. The third-order valence-electron chi connectivity index (χ3n) is 5.20. The molecule has 0 bridgehead atoms. The van der Waals surface area contributed by atoms with Crippen molar-refractivity contribution in [3.8, 4) is 0 Å². The third kappa shape index (κ3) is 3.19. The number of aromatic carboxylic acids is 1. The Hall–Kier alpha value is -2.41. The molecule has 4 rings (SSSR count). The van der Waals surface area contributed by atoms with Crippen LogP contribution in [0.3, 0.4) is 0 Å². The van der Waals surface area contributed by atoms with Crippen LogP contribution in [-0.4, -0.2) is 34.8 Å². The van der Waals surface area contributed by atoms with E-state index < -0.39 is 17.2 Å². The Morgan fingerprint density at radius 2 is 2.08 bits per heavy atom.